The summed E-state index contributed by atoms with van der Waals surface area (Å²) >= 11 is 0. The van der Waals surface area contributed by atoms with Gasteiger partial charge >= 0.3 is 5.97 Å². The van der Waals surface area contributed by atoms with E-state index in [0.717, 1.165) is 17.8 Å². The number of aliphatic carboxylic acids is 1. The molecule has 0 unspecified atom stereocenters. The Morgan fingerprint density at radius 1 is 1.22 bits per heavy atom. The van der Waals surface area contributed by atoms with Gasteiger partial charge in [0.05, 0.1) is 35.3 Å². The monoisotopic (exact) mass is 528 g/mol. The number of benzene rings is 2. The third kappa shape index (κ3) is 5.39. The lowest BCUT2D eigenvalue weighted by molar-refractivity contribution is -0.147. The van der Waals surface area contributed by atoms with Crippen LogP contribution < -0.4 is 13.8 Å². The topological polar surface area (TPSA) is 106 Å². The van der Waals surface area contributed by atoms with Gasteiger partial charge in [-0.15, -0.1) is 0 Å². The number of pyridine rings is 1. The second kappa shape index (κ2) is 10.0. The number of aryl methyl sites for hydroxylation is 1. The van der Waals surface area contributed by atoms with E-state index in [1.165, 1.54) is 17.5 Å². The van der Waals surface area contributed by atoms with Crippen LogP contribution in [0, 0.1) is 18.2 Å². The summed E-state index contributed by atoms with van der Waals surface area (Å²) in [6, 6.07) is 14.1. The maximum atomic E-state index is 14.0. The van der Waals surface area contributed by atoms with Crippen molar-refractivity contribution in [1.29, 1.82) is 0 Å². The van der Waals surface area contributed by atoms with E-state index in [1.54, 1.807) is 32.0 Å². The van der Waals surface area contributed by atoms with Crippen molar-refractivity contribution >= 4 is 21.7 Å². The Hall–Kier alpha value is -3.66. The SMILES string of the molecule is COc1cc(S(=O)(=O)N2C[C@H](CCC(C)(C)C(=O)O)Oc3ccc(-c4cccc(C)n4)cc32)ccc1F. The highest BCUT2D eigenvalue weighted by Crippen LogP contribution is 2.41. The predicted octanol–water partition coefficient (Wildman–Crippen LogP) is 5.05. The Morgan fingerprint density at radius 2 is 1.97 bits per heavy atom. The molecule has 0 fully saturated rings. The molecule has 0 aliphatic carbocycles. The zero-order valence-corrected chi connectivity index (χ0v) is 21.9. The minimum atomic E-state index is -4.17. The lowest BCUT2D eigenvalue weighted by atomic mass is 9.86. The number of carboxylic acid groups (broad SMARTS) is 1. The molecule has 4 rings (SSSR count). The van der Waals surface area contributed by atoms with Crippen LogP contribution >= 0.6 is 0 Å². The van der Waals surface area contributed by atoms with Crippen LogP contribution in [-0.2, 0) is 14.8 Å². The number of sulfonamides is 1. The fourth-order valence-corrected chi connectivity index (χ4v) is 5.62. The minimum Gasteiger partial charge on any atom is -0.494 e. The number of nitrogens with zero attached hydrogens (tertiary/aromatic N) is 2. The number of rotatable bonds is 8. The third-order valence-electron chi connectivity index (χ3n) is 6.46. The van der Waals surface area contributed by atoms with Crippen LogP contribution in [0.15, 0.2) is 59.5 Å². The number of halogens is 1. The van der Waals surface area contributed by atoms with Crippen molar-refractivity contribution in [2.24, 2.45) is 5.41 Å². The van der Waals surface area contributed by atoms with E-state index >= 15 is 0 Å². The Bertz CT molecular complexity index is 1440. The number of aromatic nitrogens is 1. The third-order valence-corrected chi connectivity index (χ3v) is 8.23. The van der Waals surface area contributed by atoms with Crippen LogP contribution in [0.25, 0.3) is 11.3 Å². The fourth-order valence-electron chi connectivity index (χ4n) is 4.11. The molecule has 37 heavy (non-hydrogen) atoms. The molecule has 8 nitrogen and oxygen atoms in total. The molecule has 1 aliphatic heterocycles. The first-order chi connectivity index (χ1) is 17.4. The van der Waals surface area contributed by atoms with Crippen molar-refractivity contribution in [3.63, 3.8) is 0 Å². The highest BCUT2D eigenvalue weighted by atomic mass is 32.2. The standard InChI is InChI=1S/C27H29FN2O6S/c1-17-6-5-7-22(29-17)18-8-11-24-23(14-18)30(16-19(36-24)12-13-27(2,3)26(31)32)37(33,34)20-9-10-21(28)25(15-20)35-4/h5-11,14-15,19H,12-13,16H2,1-4H3,(H,31,32)/t19-/m0/s1. The van der Waals surface area contributed by atoms with E-state index in [9.17, 15) is 22.7 Å². The van der Waals surface area contributed by atoms with E-state index in [-0.39, 0.29) is 23.6 Å². The maximum absolute atomic E-state index is 14.0. The van der Waals surface area contributed by atoms with Gasteiger partial charge in [-0.1, -0.05) is 6.07 Å². The number of anilines is 1. The van der Waals surface area contributed by atoms with E-state index in [1.807, 2.05) is 25.1 Å². The largest absolute Gasteiger partial charge is 0.494 e. The summed E-state index contributed by atoms with van der Waals surface area (Å²) in [5, 5.41) is 9.49. The van der Waals surface area contributed by atoms with E-state index in [2.05, 4.69) is 4.98 Å². The quantitative estimate of drug-likeness (QED) is 0.436. The molecule has 2 heterocycles. The lowest BCUT2D eigenvalue weighted by Gasteiger charge is -2.36. The molecule has 0 saturated heterocycles. The summed E-state index contributed by atoms with van der Waals surface area (Å²) in [4.78, 5) is 16.0. The predicted molar refractivity (Wildman–Crippen MR) is 137 cm³/mol. The van der Waals surface area contributed by atoms with Gasteiger partial charge in [-0.05, 0) is 76.1 Å². The number of fused-ring (bicyclic) bond motifs is 1. The summed E-state index contributed by atoms with van der Waals surface area (Å²) in [7, 11) is -2.90. The average Bonchev–Trinajstić information content (AvgIpc) is 2.86. The van der Waals surface area contributed by atoms with Crippen LogP contribution in [0.3, 0.4) is 0 Å². The number of carboxylic acids is 1. The number of hydrogen-bond acceptors (Lipinski definition) is 6. The molecule has 196 valence electrons. The molecule has 1 aromatic heterocycles. The van der Waals surface area contributed by atoms with Crippen LogP contribution in [-0.4, -0.2) is 44.2 Å². The highest BCUT2D eigenvalue weighted by molar-refractivity contribution is 7.92. The van der Waals surface area contributed by atoms with Crippen LogP contribution in [0.2, 0.25) is 0 Å². The zero-order valence-electron chi connectivity index (χ0n) is 21.1. The molecule has 1 aliphatic rings. The number of carbonyl (C=O) groups is 1. The number of ether oxygens (including phenoxy) is 2. The summed E-state index contributed by atoms with van der Waals surface area (Å²) in [5.74, 6) is -1.46. The van der Waals surface area contributed by atoms with Crippen molar-refractivity contribution in [3.8, 4) is 22.8 Å². The molecule has 0 amide bonds. The van der Waals surface area contributed by atoms with Gasteiger partial charge < -0.3 is 14.6 Å². The normalized spacial score (nSPS) is 15.6. The molecule has 0 bridgehead atoms. The van der Waals surface area contributed by atoms with Crippen molar-refractivity contribution < 1.29 is 32.2 Å². The number of methoxy groups -OCH3 is 1. The van der Waals surface area contributed by atoms with Crippen molar-refractivity contribution in [1.82, 2.24) is 4.98 Å². The van der Waals surface area contributed by atoms with E-state index < -0.39 is 33.3 Å². The van der Waals surface area contributed by atoms with E-state index in [0.29, 0.717) is 29.1 Å². The van der Waals surface area contributed by atoms with Gasteiger partial charge in [0.2, 0.25) is 0 Å². The molecule has 10 heteroatoms. The molecule has 1 N–H and O–H groups in total. The zero-order chi connectivity index (χ0) is 27.0. The number of hydrogen-bond donors (Lipinski definition) is 1. The summed E-state index contributed by atoms with van der Waals surface area (Å²) in [6.07, 6.45) is 0.0103. The Morgan fingerprint density at radius 3 is 2.65 bits per heavy atom. The Balaban J connectivity index is 1.78. The van der Waals surface area contributed by atoms with E-state index in [4.69, 9.17) is 9.47 Å². The molecule has 0 radical (unpaired) electrons. The van der Waals surface area contributed by atoms with Crippen LogP contribution in [0.4, 0.5) is 10.1 Å². The average molecular weight is 529 g/mol. The first-order valence-electron chi connectivity index (χ1n) is 11.8. The van der Waals surface area contributed by atoms with Crippen molar-refractivity contribution in [2.75, 3.05) is 18.0 Å². The van der Waals surface area contributed by atoms with Crippen molar-refractivity contribution in [2.45, 2.75) is 44.6 Å². The van der Waals surface area contributed by atoms with Gasteiger partial charge in [0.15, 0.2) is 11.6 Å². The van der Waals surface area contributed by atoms with Gasteiger partial charge in [-0.3, -0.25) is 14.1 Å². The maximum Gasteiger partial charge on any atom is 0.309 e. The van der Waals surface area contributed by atoms with Crippen molar-refractivity contribution in [3.05, 3.63) is 66.1 Å². The molecular weight excluding hydrogens is 499 g/mol. The Labute approximate surface area is 215 Å². The lowest BCUT2D eigenvalue weighted by Crippen LogP contribution is -2.44. The molecule has 2 aromatic carbocycles. The molecule has 3 aromatic rings. The van der Waals surface area contributed by atoms with Gasteiger partial charge in [-0.2, -0.15) is 0 Å². The summed E-state index contributed by atoms with van der Waals surface area (Å²) in [6.45, 7) is 5.06. The molecule has 0 spiro atoms. The molecule has 0 saturated carbocycles. The molecular formula is C27H29FN2O6S. The van der Waals surface area contributed by atoms with Crippen LogP contribution in [0.5, 0.6) is 11.5 Å². The molecule has 1 atom stereocenters. The second-order valence-corrected chi connectivity index (χ2v) is 11.5. The first-order valence-corrected chi connectivity index (χ1v) is 13.2. The van der Waals surface area contributed by atoms with Gasteiger partial charge in [0, 0.05) is 17.3 Å². The van der Waals surface area contributed by atoms with Gasteiger partial charge in [0.25, 0.3) is 10.0 Å². The summed E-state index contributed by atoms with van der Waals surface area (Å²) in [5.41, 5.74) is 1.51. The second-order valence-electron chi connectivity index (χ2n) is 9.65. The highest BCUT2D eigenvalue weighted by Gasteiger charge is 2.37. The fraction of sp³-hybridized carbons (Fsp3) is 0.333. The van der Waals surface area contributed by atoms with Gasteiger partial charge in [-0.25, -0.2) is 12.8 Å². The minimum absolute atomic E-state index is 0.0462. The summed E-state index contributed by atoms with van der Waals surface area (Å²) < 4.78 is 54.2. The Kier molecular flexibility index (Phi) is 7.14. The van der Waals surface area contributed by atoms with Crippen LogP contribution in [0.1, 0.15) is 32.4 Å². The smallest absolute Gasteiger partial charge is 0.309 e. The van der Waals surface area contributed by atoms with Gasteiger partial charge in [0.1, 0.15) is 11.9 Å². The first kappa shape index (κ1) is 26.4.